The average Bonchev–Trinajstić information content (AvgIpc) is 3.03. The highest BCUT2D eigenvalue weighted by molar-refractivity contribution is 7.12. The van der Waals surface area contributed by atoms with Gasteiger partial charge in [-0.2, -0.15) is 0 Å². The fraction of sp³-hybridized carbons (Fsp3) is 0.444. The maximum Gasteiger partial charge on any atom is 0.123 e. The molecule has 2 heterocycles. The second kappa shape index (κ2) is 5.82. The summed E-state index contributed by atoms with van der Waals surface area (Å²) in [5.41, 5.74) is 1.58. The topological polar surface area (TPSA) is 21.3 Å². The standard InChI is InChI=1S/C18H23NOS/c1-18(2,3)17-9-8-15(21-17)12-19-11-14-10-13-6-4-5-7-16(13)20-14/h4-9,14,19H,10-12H2,1-3H3. The van der Waals surface area contributed by atoms with Crippen LogP contribution in [0.2, 0.25) is 0 Å². The third kappa shape index (κ3) is 3.47. The lowest BCUT2D eigenvalue weighted by Crippen LogP contribution is -2.29. The molecule has 0 saturated heterocycles. The average molecular weight is 301 g/mol. The Morgan fingerprint density at radius 3 is 2.71 bits per heavy atom. The van der Waals surface area contributed by atoms with Crippen LogP contribution >= 0.6 is 11.3 Å². The Balaban J connectivity index is 1.48. The monoisotopic (exact) mass is 301 g/mol. The Kier molecular flexibility index (Phi) is 4.05. The summed E-state index contributed by atoms with van der Waals surface area (Å²) in [5, 5.41) is 3.53. The second-order valence-corrected chi connectivity index (χ2v) is 7.87. The number of ether oxygens (including phenoxy) is 1. The fourth-order valence-electron chi connectivity index (χ4n) is 2.60. The Morgan fingerprint density at radius 2 is 2.00 bits per heavy atom. The molecule has 0 radical (unpaired) electrons. The van der Waals surface area contributed by atoms with Crippen molar-refractivity contribution in [3.8, 4) is 5.75 Å². The summed E-state index contributed by atoms with van der Waals surface area (Å²) in [5.74, 6) is 1.05. The van der Waals surface area contributed by atoms with Crippen LogP contribution in [0.5, 0.6) is 5.75 Å². The van der Waals surface area contributed by atoms with Gasteiger partial charge in [0.05, 0.1) is 0 Å². The van der Waals surface area contributed by atoms with Gasteiger partial charge in [-0.3, -0.25) is 0 Å². The first-order chi connectivity index (χ1) is 10.0. The van der Waals surface area contributed by atoms with Crippen LogP contribution in [0.1, 0.15) is 36.1 Å². The molecule has 1 N–H and O–H groups in total. The first kappa shape index (κ1) is 14.6. The Bertz CT molecular complexity index is 587. The summed E-state index contributed by atoms with van der Waals surface area (Å²) in [6.45, 7) is 8.62. The van der Waals surface area contributed by atoms with Gasteiger partial charge in [-0.1, -0.05) is 39.0 Å². The third-order valence-electron chi connectivity index (χ3n) is 3.79. The molecule has 1 aromatic heterocycles. The Labute approximate surface area is 131 Å². The lowest BCUT2D eigenvalue weighted by atomic mass is 9.95. The van der Waals surface area contributed by atoms with Crippen molar-refractivity contribution in [1.82, 2.24) is 5.32 Å². The molecule has 1 unspecified atom stereocenters. The molecule has 2 nitrogen and oxygen atoms in total. The van der Waals surface area contributed by atoms with Crippen molar-refractivity contribution in [2.24, 2.45) is 0 Å². The zero-order valence-corrected chi connectivity index (χ0v) is 13.8. The molecule has 21 heavy (non-hydrogen) atoms. The van der Waals surface area contributed by atoms with E-state index in [1.54, 1.807) is 0 Å². The number of fused-ring (bicyclic) bond motifs is 1. The van der Waals surface area contributed by atoms with Gasteiger partial charge in [0.25, 0.3) is 0 Å². The van der Waals surface area contributed by atoms with Crippen LogP contribution in [0.25, 0.3) is 0 Å². The number of rotatable bonds is 4. The van der Waals surface area contributed by atoms with E-state index in [0.717, 1.165) is 25.3 Å². The zero-order chi connectivity index (χ0) is 14.9. The van der Waals surface area contributed by atoms with Gasteiger partial charge < -0.3 is 10.1 Å². The fourth-order valence-corrected chi connectivity index (χ4v) is 3.64. The predicted molar refractivity (Wildman–Crippen MR) is 89.3 cm³/mol. The largest absolute Gasteiger partial charge is 0.488 e. The van der Waals surface area contributed by atoms with Crippen LogP contribution in [0, 0.1) is 0 Å². The number of hydrogen-bond donors (Lipinski definition) is 1. The second-order valence-electron chi connectivity index (χ2n) is 6.70. The van der Waals surface area contributed by atoms with E-state index < -0.39 is 0 Å². The molecule has 2 aromatic rings. The van der Waals surface area contributed by atoms with Crippen molar-refractivity contribution in [3.63, 3.8) is 0 Å². The lowest BCUT2D eigenvalue weighted by Gasteiger charge is -2.15. The minimum atomic E-state index is 0.249. The SMILES string of the molecule is CC(C)(C)c1ccc(CNCC2Cc3ccccc3O2)s1. The van der Waals surface area contributed by atoms with Gasteiger partial charge in [-0.25, -0.2) is 0 Å². The molecule has 3 heteroatoms. The zero-order valence-electron chi connectivity index (χ0n) is 13.0. The van der Waals surface area contributed by atoms with Gasteiger partial charge >= 0.3 is 0 Å². The van der Waals surface area contributed by atoms with Gasteiger partial charge in [0, 0.05) is 29.3 Å². The maximum atomic E-state index is 5.95. The number of para-hydroxylation sites is 1. The van der Waals surface area contributed by atoms with Crippen LogP contribution in [-0.4, -0.2) is 12.6 Å². The first-order valence-electron chi connectivity index (χ1n) is 7.57. The smallest absolute Gasteiger partial charge is 0.123 e. The molecule has 112 valence electrons. The first-order valence-corrected chi connectivity index (χ1v) is 8.38. The normalized spacial score (nSPS) is 17.6. The van der Waals surface area contributed by atoms with E-state index in [0.29, 0.717) is 0 Å². The van der Waals surface area contributed by atoms with Crippen LogP contribution in [0.15, 0.2) is 36.4 Å². The molecule has 0 fully saturated rings. The van der Waals surface area contributed by atoms with Gasteiger partial charge in [-0.15, -0.1) is 11.3 Å². The minimum absolute atomic E-state index is 0.249. The van der Waals surface area contributed by atoms with Crippen LogP contribution in [0.4, 0.5) is 0 Å². The van der Waals surface area contributed by atoms with Crippen molar-refractivity contribution in [1.29, 1.82) is 0 Å². The highest BCUT2D eigenvalue weighted by Crippen LogP contribution is 2.30. The molecule has 1 aromatic carbocycles. The summed E-state index contributed by atoms with van der Waals surface area (Å²) in [6.07, 6.45) is 1.28. The number of benzene rings is 1. The molecule has 1 atom stereocenters. The van der Waals surface area contributed by atoms with Gasteiger partial charge in [0.1, 0.15) is 11.9 Å². The highest BCUT2D eigenvalue weighted by Gasteiger charge is 2.22. The molecule has 0 saturated carbocycles. The molecule has 0 aliphatic carbocycles. The summed E-state index contributed by atoms with van der Waals surface area (Å²) in [6, 6.07) is 12.8. The van der Waals surface area contributed by atoms with Crippen LogP contribution in [-0.2, 0) is 18.4 Å². The molecule has 1 aliphatic rings. The van der Waals surface area contributed by atoms with E-state index in [1.165, 1.54) is 15.3 Å². The Hall–Kier alpha value is -1.32. The number of nitrogens with one attached hydrogen (secondary N) is 1. The van der Waals surface area contributed by atoms with Crippen molar-refractivity contribution < 1.29 is 4.74 Å². The number of thiophene rings is 1. The molecule has 0 amide bonds. The van der Waals surface area contributed by atoms with Gasteiger partial charge in [-0.05, 0) is 29.2 Å². The van der Waals surface area contributed by atoms with E-state index in [2.05, 4.69) is 56.4 Å². The minimum Gasteiger partial charge on any atom is -0.488 e. The third-order valence-corrected chi connectivity index (χ3v) is 5.30. The molecular weight excluding hydrogens is 278 g/mol. The van der Waals surface area contributed by atoms with Crippen molar-refractivity contribution in [2.45, 2.75) is 45.3 Å². The Morgan fingerprint density at radius 1 is 1.19 bits per heavy atom. The molecule has 0 spiro atoms. The highest BCUT2D eigenvalue weighted by atomic mass is 32.1. The van der Waals surface area contributed by atoms with E-state index in [-0.39, 0.29) is 11.5 Å². The van der Waals surface area contributed by atoms with E-state index in [9.17, 15) is 0 Å². The number of hydrogen-bond acceptors (Lipinski definition) is 3. The van der Waals surface area contributed by atoms with E-state index >= 15 is 0 Å². The van der Waals surface area contributed by atoms with Crippen molar-refractivity contribution >= 4 is 11.3 Å². The summed E-state index contributed by atoms with van der Waals surface area (Å²) < 4.78 is 5.95. The quantitative estimate of drug-likeness (QED) is 0.916. The van der Waals surface area contributed by atoms with E-state index in [1.807, 2.05) is 17.4 Å². The predicted octanol–water partition coefficient (Wildman–Crippen LogP) is 4.14. The summed E-state index contributed by atoms with van der Waals surface area (Å²) in [7, 11) is 0. The molecule has 3 rings (SSSR count). The van der Waals surface area contributed by atoms with Crippen LogP contribution in [0.3, 0.4) is 0 Å². The lowest BCUT2D eigenvalue weighted by molar-refractivity contribution is 0.227. The maximum absolute atomic E-state index is 5.95. The molecule has 0 bridgehead atoms. The van der Waals surface area contributed by atoms with Crippen molar-refractivity contribution in [2.75, 3.05) is 6.54 Å². The molecule has 1 aliphatic heterocycles. The van der Waals surface area contributed by atoms with Gasteiger partial charge in [0.2, 0.25) is 0 Å². The van der Waals surface area contributed by atoms with Gasteiger partial charge in [0.15, 0.2) is 0 Å². The molecular formula is C18H23NOS. The summed E-state index contributed by atoms with van der Waals surface area (Å²) in [4.78, 5) is 2.85. The van der Waals surface area contributed by atoms with Crippen molar-refractivity contribution in [3.05, 3.63) is 51.7 Å². The van der Waals surface area contributed by atoms with E-state index in [4.69, 9.17) is 4.74 Å². The summed E-state index contributed by atoms with van der Waals surface area (Å²) >= 11 is 1.91. The van der Waals surface area contributed by atoms with Crippen LogP contribution < -0.4 is 10.1 Å².